The van der Waals surface area contributed by atoms with Crippen LogP contribution in [0.15, 0.2) is 45.4 Å². The maximum atomic E-state index is 11.9. The molecule has 0 amide bonds. The minimum absolute atomic E-state index is 0.0456. The number of alkyl halides is 1. The van der Waals surface area contributed by atoms with Crippen LogP contribution in [0.3, 0.4) is 0 Å². The Kier molecular flexibility index (Phi) is 5.13. The third-order valence-electron chi connectivity index (χ3n) is 2.25. The Bertz CT molecular complexity index is 634. The number of hydrogen-bond donors (Lipinski definition) is 0. The zero-order chi connectivity index (χ0) is 13.0. The highest BCUT2D eigenvalue weighted by molar-refractivity contribution is 8.01. The lowest BCUT2D eigenvalue weighted by Gasteiger charge is -2.01. The normalized spacial score (nSPS) is 11.4. The van der Waals surface area contributed by atoms with Gasteiger partial charge in [0.05, 0.1) is 4.21 Å². The van der Waals surface area contributed by atoms with Crippen molar-refractivity contribution < 1.29 is 0 Å². The fourth-order valence-corrected chi connectivity index (χ4v) is 3.95. The Morgan fingerprint density at radius 2 is 2.11 bits per heavy atom. The monoisotopic (exact) mass is 316 g/mol. The SMILES string of the molecule is O=c1cc(SCC=CCCl)sc2cc(Cl)ccc12. The van der Waals surface area contributed by atoms with Gasteiger partial charge in [-0.25, -0.2) is 0 Å². The van der Waals surface area contributed by atoms with E-state index in [9.17, 15) is 4.79 Å². The van der Waals surface area contributed by atoms with E-state index in [1.807, 2.05) is 18.2 Å². The van der Waals surface area contributed by atoms with Crippen molar-refractivity contribution in [1.82, 2.24) is 0 Å². The van der Waals surface area contributed by atoms with Gasteiger partial charge in [-0.1, -0.05) is 23.8 Å². The zero-order valence-corrected chi connectivity index (χ0v) is 12.5. The fourth-order valence-electron chi connectivity index (χ4n) is 1.44. The molecule has 0 unspecified atom stereocenters. The molecule has 0 fully saturated rings. The van der Waals surface area contributed by atoms with E-state index < -0.39 is 0 Å². The highest BCUT2D eigenvalue weighted by Crippen LogP contribution is 2.28. The summed E-state index contributed by atoms with van der Waals surface area (Å²) in [5.74, 6) is 1.33. The van der Waals surface area contributed by atoms with Crippen molar-refractivity contribution in [1.29, 1.82) is 0 Å². The third kappa shape index (κ3) is 3.51. The molecule has 0 saturated carbocycles. The molecule has 0 saturated heterocycles. The molecule has 0 spiro atoms. The van der Waals surface area contributed by atoms with E-state index in [0.717, 1.165) is 20.0 Å². The predicted molar refractivity (Wildman–Crippen MR) is 83.7 cm³/mol. The van der Waals surface area contributed by atoms with Crippen molar-refractivity contribution >= 4 is 56.4 Å². The number of benzene rings is 1. The van der Waals surface area contributed by atoms with E-state index in [4.69, 9.17) is 23.2 Å². The van der Waals surface area contributed by atoms with Gasteiger partial charge in [0.15, 0.2) is 5.43 Å². The molecule has 0 bridgehead atoms. The molecule has 2 aromatic rings. The minimum Gasteiger partial charge on any atom is -0.289 e. The maximum absolute atomic E-state index is 11.9. The van der Waals surface area contributed by atoms with Gasteiger partial charge in [0.25, 0.3) is 0 Å². The van der Waals surface area contributed by atoms with Crippen molar-refractivity contribution in [2.24, 2.45) is 0 Å². The Balaban J connectivity index is 2.30. The molecular formula is C13H10Cl2OS2. The van der Waals surface area contributed by atoms with Gasteiger partial charge in [0, 0.05) is 32.8 Å². The van der Waals surface area contributed by atoms with Gasteiger partial charge in [0.1, 0.15) is 0 Å². The van der Waals surface area contributed by atoms with Crippen molar-refractivity contribution in [3.63, 3.8) is 0 Å². The first-order valence-corrected chi connectivity index (χ1v) is 7.99. The van der Waals surface area contributed by atoms with Gasteiger partial charge in [0.2, 0.25) is 0 Å². The molecule has 0 atom stereocenters. The second-order valence-electron chi connectivity index (χ2n) is 3.51. The van der Waals surface area contributed by atoms with E-state index in [2.05, 4.69) is 0 Å². The third-order valence-corrected chi connectivity index (χ3v) is 4.90. The molecular weight excluding hydrogens is 307 g/mol. The van der Waals surface area contributed by atoms with Gasteiger partial charge < -0.3 is 0 Å². The van der Waals surface area contributed by atoms with Crippen molar-refractivity contribution in [3.8, 4) is 0 Å². The topological polar surface area (TPSA) is 17.1 Å². The van der Waals surface area contributed by atoms with Gasteiger partial charge in [-0.15, -0.1) is 34.7 Å². The first kappa shape index (κ1) is 13.9. The summed E-state index contributed by atoms with van der Waals surface area (Å²) in [7, 11) is 0. The van der Waals surface area contributed by atoms with Crippen LogP contribution in [0.1, 0.15) is 0 Å². The standard InChI is InChI=1S/C13H10Cl2OS2/c14-5-1-2-6-17-13-8-11(16)10-4-3-9(15)7-12(10)18-13/h1-4,7-8H,5-6H2. The second-order valence-corrected chi connectivity index (χ2v) is 6.66. The summed E-state index contributed by atoms with van der Waals surface area (Å²) in [6.45, 7) is 0. The Morgan fingerprint density at radius 3 is 2.89 bits per heavy atom. The quantitative estimate of drug-likeness (QED) is 0.458. The summed E-state index contributed by atoms with van der Waals surface area (Å²) >= 11 is 14.7. The average Bonchev–Trinajstić information content (AvgIpc) is 2.34. The second kappa shape index (κ2) is 6.62. The number of thioether (sulfide) groups is 1. The Hall–Kier alpha value is -0.480. The smallest absolute Gasteiger partial charge is 0.189 e. The number of fused-ring (bicyclic) bond motifs is 1. The number of rotatable bonds is 4. The molecule has 0 radical (unpaired) electrons. The van der Waals surface area contributed by atoms with Crippen LogP contribution >= 0.6 is 46.3 Å². The molecule has 5 heteroatoms. The van der Waals surface area contributed by atoms with E-state index >= 15 is 0 Å². The Morgan fingerprint density at radius 1 is 1.28 bits per heavy atom. The van der Waals surface area contributed by atoms with Crippen LogP contribution < -0.4 is 5.43 Å². The summed E-state index contributed by atoms with van der Waals surface area (Å²) < 4.78 is 1.92. The van der Waals surface area contributed by atoms with E-state index in [1.54, 1.807) is 41.3 Å². The van der Waals surface area contributed by atoms with E-state index in [0.29, 0.717) is 10.9 Å². The van der Waals surface area contributed by atoms with Crippen LogP contribution in [-0.2, 0) is 0 Å². The highest BCUT2D eigenvalue weighted by atomic mass is 35.5. The predicted octanol–water partition coefficient (Wildman–Crippen LogP) is 4.80. The van der Waals surface area contributed by atoms with Crippen LogP contribution in [0.5, 0.6) is 0 Å². The molecule has 94 valence electrons. The first-order valence-electron chi connectivity index (χ1n) is 5.28. The average molecular weight is 317 g/mol. The number of hydrogen-bond acceptors (Lipinski definition) is 3. The molecule has 0 N–H and O–H groups in total. The lowest BCUT2D eigenvalue weighted by Crippen LogP contribution is -1.98. The minimum atomic E-state index is 0.0456. The summed E-state index contributed by atoms with van der Waals surface area (Å²) in [6, 6.07) is 7.04. The van der Waals surface area contributed by atoms with Gasteiger partial charge in [-0.05, 0) is 18.2 Å². The number of halogens is 2. The Labute approximate surface area is 123 Å². The van der Waals surface area contributed by atoms with Crippen LogP contribution in [-0.4, -0.2) is 11.6 Å². The molecule has 0 aliphatic carbocycles. The van der Waals surface area contributed by atoms with Gasteiger partial charge in [-0.3, -0.25) is 4.79 Å². The van der Waals surface area contributed by atoms with Gasteiger partial charge >= 0.3 is 0 Å². The summed E-state index contributed by atoms with van der Waals surface area (Å²) in [5.41, 5.74) is 0.0456. The van der Waals surface area contributed by atoms with Crippen LogP contribution in [0.4, 0.5) is 0 Å². The fraction of sp³-hybridized carbons (Fsp3) is 0.154. The van der Waals surface area contributed by atoms with E-state index in [-0.39, 0.29) is 5.43 Å². The highest BCUT2D eigenvalue weighted by Gasteiger charge is 2.03. The summed E-state index contributed by atoms with van der Waals surface area (Å²) in [5, 5.41) is 1.38. The van der Waals surface area contributed by atoms with Crippen molar-refractivity contribution in [3.05, 3.63) is 51.7 Å². The summed E-state index contributed by atoms with van der Waals surface area (Å²) in [6.07, 6.45) is 3.90. The molecule has 1 heterocycles. The molecule has 0 aliphatic heterocycles. The first-order chi connectivity index (χ1) is 8.70. The lowest BCUT2D eigenvalue weighted by molar-refractivity contribution is 1.58. The van der Waals surface area contributed by atoms with Crippen molar-refractivity contribution in [2.75, 3.05) is 11.6 Å². The molecule has 1 aromatic heterocycles. The molecule has 1 aromatic carbocycles. The zero-order valence-electron chi connectivity index (χ0n) is 9.36. The van der Waals surface area contributed by atoms with Crippen LogP contribution in [0.2, 0.25) is 5.02 Å². The molecule has 18 heavy (non-hydrogen) atoms. The van der Waals surface area contributed by atoms with Crippen LogP contribution in [0, 0.1) is 0 Å². The largest absolute Gasteiger partial charge is 0.289 e. The summed E-state index contributed by atoms with van der Waals surface area (Å²) in [4.78, 5) is 11.9. The number of allylic oxidation sites excluding steroid dienone is 1. The van der Waals surface area contributed by atoms with E-state index in [1.165, 1.54) is 0 Å². The lowest BCUT2D eigenvalue weighted by atomic mass is 10.2. The molecule has 2 rings (SSSR count). The maximum Gasteiger partial charge on any atom is 0.189 e. The van der Waals surface area contributed by atoms with Crippen LogP contribution in [0.25, 0.3) is 10.1 Å². The molecule has 1 nitrogen and oxygen atoms in total. The van der Waals surface area contributed by atoms with Gasteiger partial charge in [-0.2, -0.15) is 0 Å². The molecule has 0 aliphatic rings. The van der Waals surface area contributed by atoms with Crippen molar-refractivity contribution in [2.45, 2.75) is 4.21 Å².